The Labute approximate surface area is 171 Å². The van der Waals surface area contributed by atoms with Crippen molar-refractivity contribution in [3.63, 3.8) is 0 Å². The molecule has 150 valence electrons. The number of carbonyl (C=O) groups is 1. The highest BCUT2D eigenvalue weighted by Crippen LogP contribution is 2.30. The van der Waals surface area contributed by atoms with Gasteiger partial charge in [0.1, 0.15) is 5.82 Å². The summed E-state index contributed by atoms with van der Waals surface area (Å²) < 4.78 is 2.33. The molecule has 1 N–H and O–H groups in total. The van der Waals surface area contributed by atoms with Crippen molar-refractivity contribution in [2.24, 2.45) is 5.92 Å². The fourth-order valence-electron chi connectivity index (χ4n) is 4.73. The molecule has 29 heavy (non-hydrogen) atoms. The Hall–Kier alpha value is -2.82. The zero-order chi connectivity index (χ0) is 19.8. The van der Waals surface area contributed by atoms with Crippen LogP contribution in [0.5, 0.6) is 0 Å². The maximum atomic E-state index is 12.7. The summed E-state index contributed by atoms with van der Waals surface area (Å²) in [6.45, 7) is 4.71. The molecule has 2 heterocycles. The second-order valence-corrected chi connectivity index (χ2v) is 8.41. The number of para-hydroxylation sites is 2. The highest BCUT2D eigenvalue weighted by Gasteiger charge is 2.23. The summed E-state index contributed by atoms with van der Waals surface area (Å²) >= 11 is 0. The van der Waals surface area contributed by atoms with E-state index in [0.29, 0.717) is 0 Å². The van der Waals surface area contributed by atoms with E-state index in [4.69, 9.17) is 4.98 Å². The minimum absolute atomic E-state index is 0.168. The second kappa shape index (κ2) is 7.54. The van der Waals surface area contributed by atoms with Crippen LogP contribution < -0.4 is 10.2 Å². The van der Waals surface area contributed by atoms with Crippen molar-refractivity contribution >= 4 is 28.3 Å². The van der Waals surface area contributed by atoms with Gasteiger partial charge in [0.05, 0.1) is 17.6 Å². The van der Waals surface area contributed by atoms with Crippen LogP contribution in [0, 0.1) is 12.8 Å². The molecule has 0 saturated heterocycles. The highest BCUT2D eigenvalue weighted by molar-refractivity contribution is 5.93. The fourth-order valence-corrected chi connectivity index (χ4v) is 4.73. The highest BCUT2D eigenvalue weighted by atomic mass is 16.1. The fraction of sp³-hybridized carbons (Fsp3) is 0.417. The topological polar surface area (TPSA) is 50.2 Å². The SMILES string of the molecule is Cc1ccc(N2CCn3c(nc4ccccc43)C2)cc1NC(=O)C1CCCCC1. The Morgan fingerprint density at radius 3 is 2.76 bits per heavy atom. The lowest BCUT2D eigenvalue weighted by atomic mass is 9.88. The van der Waals surface area contributed by atoms with Gasteiger partial charge in [-0.3, -0.25) is 4.79 Å². The molecule has 0 bridgehead atoms. The monoisotopic (exact) mass is 388 g/mol. The number of hydrogen-bond donors (Lipinski definition) is 1. The molecule has 0 atom stereocenters. The lowest BCUT2D eigenvalue weighted by Crippen LogP contribution is -2.33. The molecule has 1 aliphatic heterocycles. The number of aryl methyl sites for hydroxylation is 1. The normalized spacial score (nSPS) is 17.3. The van der Waals surface area contributed by atoms with Crippen molar-refractivity contribution in [2.45, 2.75) is 52.1 Å². The Kier molecular flexibility index (Phi) is 4.74. The zero-order valence-electron chi connectivity index (χ0n) is 17.0. The van der Waals surface area contributed by atoms with Gasteiger partial charge in [0.2, 0.25) is 5.91 Å². The number of fused-ring (bicyclic) bond motifs is 3. The first-order chi connectivity index (χ1) is 14.2. The van der Waals surface area contributed by atoms with E-state index < -0.39 is 0 Å². The van der Waals surface area contributed by atoms with E-state index in [2.05, 4.69) is 58.1 Å². The lowest BCUT2D eigenvalue weighted by molar-refractivity contribution is -0.120. The minimum atomic E-state index is 0.168. The maximum Gasteiger partial charge on any atom is 0.227 e. The van der Waals surface area contributed by atoms with Crippen LogP contribution in [-0.2, 0) is 17.9 Å². The zero-order valence-corrected chi connectivity index (χ0v) is 17.0. The van der Waals surface area contributed by atoms with Crippen molar-refractivity contribution in [3.8, 4) is 0 Å². The van der Waals surface area contributed by atoms with Crippen LogP contribution in [0.2, 0.25) is 0 Å². The van der Waals surface area contributed by atoms with Gasteiger partial charge in [-0.05, 0) is 49.6 Å². The summed E-state index contributed by atoms with van der Waals surface area (Å²) in [7, 11) is 0. The van der Waals surface area contributed by atoms with Crippen molar-refractivity contribution < 1.29 is 4.79 Å². The summed E-state index contributed by atoms with van der Waals surface area (Å²) in [6, 6.07) is 14.7. The van der Waals surface area contributed by atoms with Gasteiger partial charge in [-0.1, -0.05) is 37.5 Å². The number of hydrogen-bond acceptors (Lipinski definition) is 3. The molecule has 5 rings (SSSR count). The van der Waals surface area contributed by atoms with Gasteiger partial charge in [0.15, 0.2) is 0 Å². The minimum Gasteiger partial charge on any atom is -0.362 e. The van der Waals surface area contributed by atoms with Gasteiger partial charge >= 0.3 is 0 Å². The van der Waals surface area contributed by atoms with Crippen molar-refractivity contribution in [1.82, 2.24) is 9.55 Å². The van der Waals surface area contributed by atoms with Crippen LogP contribution >= 0.6 is 0 Å². The molecular formula is C24H28N4O. The molecule has 1 aromatic heterocycles. The maximum absolute atomic E-state index is 12.7. The third-order valence-corrected chi connectivity index (χ3v) is 6.48. The average Bonchev–Trinajstić information content (AvgIpc) is 3.13. The molecule has 1 aliphatic carbocycles. The number of amides is 1. The van der Waals surface area contributed by atoms with E-state index in [-0.39, 0.29) is 11.8 Å². The molecule has 2 aromatic carbocycles. The van der Waals surface area contributed by atoms with Crippen LogP contribution in [0.3, 0.4) is 0 Å². The molecule has 5 heteroatoms. The third kappa shape index (κ3) is 3.50. The quantitative estimate of drug-likeness (QED) is 0.695. The van der Waals surface area contributed by atoms with Crippen molar-refractivity contribution in [1.29, 1.82) is 0 Å². The summed E-state index contributed by atoms with van der Waals surface area (Å²) in [5.74, 6) is 1.46. The predicted molar refractivity (Wildman–Crippen MR) is 117 cm³/mol. The van der Waals surface area contributed by atoms with Gasteiger partial charge in [0.25, 0.3) is 0 Å². The van der Waals surface area contributed by atoms with Gasteiger partial charge in [-0.2, -0.15) is 0 Å². The van der Waals surface area contributed by atoms with Crippen molar-refractivity contribution in [3.05, 3.63) is 53.9 Å². The molecule has 1 saturated carbocycles. The predicted octanol–water partition coefficient (Wildman–Crippen LogP) is 4.88. The van der Waals surface area contributed by atoms with E-state index >= 15 is 0 Å². The van der Waals surface area contributed by atoms with Crippen LogP contribution in [0.15, 0.2) is 42.5 Å². The molecule has 2 aliphatic rings. The molecule has 0 radical (unpaired) electrons. The van der Waals surface area contributed by atoms with E-state index in [0.717, 1.165) is 60.8 Å². The standard InChI is InChI=1S/C24H28N4O/c1-17-11-12-19(15-21(17)26-24(29)18-7-3-2-4-8-18)27-13-14-28-22-10-6-5-9-20(22)25-23(28)16-27/h5-6,9-12,15,18H,2-4,7-8,13-14,16H2,1H3,(H,26,29). The molecule has 0 unspecified atom stereocenters. The average molecular weight is 389 g/mol. The summed E-state index contributed by atoms with van der Waals surface area (Å²) in [6.07, 6.45) is 5.65. The number of benzene rings is 2. The second-order valence-electron chi connectivity index (χ2n) is 8.41. The number of nitrogens with one attached hydrogen (secondary N) is 1. The Morgan fingerprint density at radius 1 is 1.07 bits per heavy atom. The molecule has 1 amide bonds. The number of anilines is 2. The largest absolute Gasteiger partial charge is 0.362 e. The summed E-state index contributed by atoms with van der Waals surface area (Å²) in [5.41, 5.74) is 5.48. The molecular weight excluding hydrogens is 360 g/mol. The summed E-state index contributed by atoms with van der Waals surface area (Å²) in [4.78, 5) is 19.9. The number of imidazole rings is 1. The van der Waals surface area contributed by atoms with Gasteiger partial charge in [-0.15, -0.1) is 0 Å². The molecule has 5 nitrogen and oxygen atoms in total. The van der Waals surface area contributed by atoms with Crippen LogP contribution in [0.25, 0.3) is 11.0 Å². The third-order valence-electron chi connectivity index (χ3n) is 6.48. The summed E-state index contributed by atoms with van der Waals surface area (Å²) in [5, 5.41) is 3.21. The molecule has 1 fully saturated rings. The number of nitrogens with zero attached hydrogens (tertiary/aromatic N) is 3. The van der Waals surface area contributed by atoms with Crippen molar-refractivity contribution in [2.75, 3.05) is 16.8 Å². The number of aromatic nitrogens is 2. The Morgan fingerprint density at radius 2 is 1.90 bits per heavy atom. The first-order valence-electron chi connectivity index (χ1n) is 10.8. The van der Waals surface area contributed by atoms with E-state index in [1.165, 1.54) is 24.8 Å². The van der Waals surface area contributed by atoms with E-state index in [1.807, 2.05) is 6.07 Å². The van der Waals surface area contributed by atoms with E-state index in [9.17, 15) is 4.79 Å². The van der Waals surface area contributed by atoms with Gasteiger partial charge in [-0.25, -0.2) is 4.98 Å². The van der Waals surface area contributed by atoms with Crippen LogP contribution in [0.1, 0.15) is 43.5 Å². The molecule has 0 spiro atoms. The first-order valence-corrected chi connectivity index (χ1v) is 10.8. The van der Waals surface area contributed by atoms with E-state index in [1.54, 1.807) is 0 Å². The Balaban J connectivity index is 1.36. The lowest BCUT2D eigenvalue weighted by Gasteiger charge is -2.30. The van der Waals surface area contributed by atoms with Gasteiger partial charge in [0, 0.05) is 30.4 Å². The van der Waals surface area contributed by atoms with Gasteiger partial charge < -0.3 is 14.8 Å². The first kappa shape index (κ1) is 18.2. The Bertz CT molecular complexity index is 1050. The van der Waals surface area contributed by atoms with Crippen LogP contribution in [0.4, 0.5) is 11.4 Å². The van der Waals surface area contributed by atoms with Crippen LogP contribution in [-0.4, -0.2) is 22.0 Å². The molecule has 3 aromatic rings. The smallest absolute Gasteiger partial charge is 0.227 e. The number of carbonyl (C=O) groups excluding carboxylic acids is 1. The number of rotatable bonds is 3.